The second kappa shape index (κ2) is 23.0. The van der Waals surface area contributed by atoms with Crippen LogP contribution in [0.15, 0.2) is 0 Å². The van der Waals surface area contributed by atoms with Gasteiger partial charge in [0.1, 0.15) is 12.4 Å². The molecule has 1 rings (SSSR count). The zero-order valence-electron chi connectivity index (χ0n) is 24.9. The minimum Gasteiger partial charge on any atom is -0.353 e. The lowest BCUT2D eigenvalue weighted by atomic mass is 9.97. The summed E-state index contributed by atoms with van der Waals surface area (Å²) in [6.45, 7) is 4.01. The number of carbonyl (C=O) groups excluding carboxylic acids is 2. The van der Waals surface area contributed by atoms with Gasteiger partial charge in [-0.05, 0) is 59.2 Å². The first kappa shape index (κ1) is 34.0. The smallest absolute Gasteiger partial charge is 0.222 e. The molecule has 218 valence electrons. The van der Waals surface area contributed by atoms with Crippen LogP contribution in [-0.2, 0) is 19.1 Å². The Bertz CT molecular complexity index is 557. The average molecular weight is 525 g/mol. The van der Waals surface area contributed by atoms with E-state index >= 15 is 0 Å². The third-order valence-electron chi connectivity index (χ3n) is 7.66. The van der Waals surface area contributed by atoms with Crippen LogP contribution in [0.4, 0.5) is 0 Å². The highest BCUT2D eigenvalue weighted by Crippen LogP contribution is 2.28. The maximum atomic E-state index is 13.4. The first-order valence-corrected chi connectivity index (χ1v) is 15.6. The minimum atomic E-state index is 0.0299. The number of nitrogens with zero attached hydrogens (tertiary/aromatic N) is 2. The van der Waals surface area contributed by atoms with Crippen molar-refractivity contribution < 1.29 is 19.1 Å². The van der Waals surface area contributed by atoms with E-state index in [0.29, 0.717) is 30.9 Å². The topological polar surface area (TPSA) is 62.4 Å². The van der Waals surface area contributed by atoms with Crippen molar-refractivity contribution in [2.75, 3.05) is 34.3 Å². The fourth-order valence-corrected chi connectivity index (χ4v) is 5.30. The molecule has 1 aliphatic rings. The zero-order chi connectivity index (χ0) is 27.1. The van der Waals surface area contributed by atoms with E-state index < -0.39 is 0 Å². The van der Waals surface area contributed by atoms with Gasteiger partial charge in [0.05, 0.1) is 0 Å². The molecule has 37 heavy (non-hydrogen) atoms. The summed E-state index contributed by atoms with van der Waals surface area (Å²) in [4.78, 5) is 28.5. The molecule has 1 fully saturated rings. The molecule has 6 nitrogen and oxygen atoms in total. The molecule has 0 N–H and O–H groups in total. The Morgan fingerprint density at radius 1 is 0.838 bits per heavy atom. The van der Waals surface area contributed by atoms with Crippen LogP contribution in [-0.4, -0.2) is 74.7 Å². The van der Waals surface area contributed by atoms with Gasteiger partial charge in [0.2, 0.25) is 5.91 Å². The predicted octanol–water partition coefficient (Wildman–Crippen LogP) is 7.14. The number of methoxy groups -OCH3 is 1. The largest absolute Gasteiger partial charge is 0.353 e. The van der Waals surface area contributed by atoms with Crippen LogP contribution in [0.3, 0.4) is 0 Å². The number of amides is 1. The second-order valence-electron chi connectivity index (χ2n) is 11.3. The molecule has 0 aromatic rings. The van der Waals surface area contributed by atoms with Gasteiger partial charge in [0.15, 0.2) is 6.29 Å². The molecule has 0 aromatic carbocycles. The van der Waals surface area contributed by atoms with Gasteiger partial charge in [-0.2, -0.15) is 0 Å². The van der Waals surface area contributed by atoms with Crippen molar-refractivity contribution >= 4 is 12.2 Å². The van der Waals surface area contributed by atoms with Crippen LogP contribution >= 0.6 is 0 Å². The summed E-state index contributed by atoms with van der Waals surface area (Å²) in [5.41, 5.74) is 0. The summed E-state index contributed by atoms with van der Waals surface area (Å²) < 4.78 is 10.7. The first-order chi connectivity index (χ1) is 18.0. The number of hydrogen-bond donors (Lipinski definition) is 0. The van der Waals surface area contributed by atoms with Crippen LogP contribution in [0, 0.1) is 0 Å². The summed E-state index contributed by atoms with van der Waals surface area (Å²) in [7, 11) is 5.85. The standard InChI is InChI=1S/C31H60N2O4/c1-5-6-7-8-9-10-11-15-21-28(22-16-12-13-17-23-29-31(36-4)37-29)33(26-18-14-19-27-34)30(35)24-20-25-32(2)3/h27-29,31H,5-26H2,1-4H3. The van der Waals surface area contributed by atoms with Gasteiger partial charge in [0.25, 0.3) is 0 Å². The molecule has 0 spiro atoms. The van der Waals surface area contributed by atoms with Gasteiger partial charge in [-0.25, -0.2) is 0 Å². The number of epoxide rings is 1. The van der Waals surface area contributed by atoms with Gasteiger partial charge in [-0.15, -0.1) is 0 Å². The summed E-state index contributed by atoms with van der Waals surface area (Å²) in [5, 5.41) is 0. The summed E-state index contributed by atoms with van der Waals surface area (Å²) in [6, 6.07) is 0.341. The van der Waals surface area contributed by atoms with E-state index in [0.717, 1.165) is 57.9 Å². The third-order valence-corrected chi connectivity index (χ3v) is 7.66. The average Bonchev–Trinajstić information content (AvgIpc) is 3.65. The maximum absolute atomic E-state index is 13.4. The number of rotatable bonds is 27. The van der Waals surface area contributed by atoms with E-state index in [2.05, 4.69) is 30.8 Å². The van der Waals surface area contributed by atoms with Crippen molar-refractivity contribution in [2.24, 2.45) is 0 Å². The lowest BCUT2D eigenvalue weighted by molar-refractivity contribution is -0.134. The van der Waals surface area contributed by atoms with E-state index in [4.69, 9.17) is 9.47 Å². The fraction of sp³-hybridized carbons (Fsp3) is 0.935. The summed E-state index contributed by atoms with van der Waals surface area (Å²) >= 11 is 0. The van der Waals surface area contributed by atoms with Crippen LogP contribution in [0.5, 0.6) is 0 Å². The Hall–Kier alpha value is -0.980. The van der Waals surface area contributed by atoms with E-state index in [1.807, 2.05) is 0 Å². The quantitative estimate of drug-likeness (QED) is 0.0649. The highest BCUT2D eigenvalue weighted by atomic mass is 16.8. The van der Waals surface area contributed by atoms with Gasteiger partial charge in [-0.3, -0.25) is 4.79 Å². The Morgan fingerprint density at radius 3 is 2.03 bits per heavy atom. The molecule has 0 aliphatic carbocycles. The van der Waals surface area contributed by atoms with E-state index in [1.54, 1.807) is 7.11 Å². The van der Waals surface area contributed by atoms with Crippen molar-refractivity contribution in [1.82, 2.24) is 9.80 Å². The number of hydrogen-bond acceptors (Lipinski definition) is 5. The molecule has 1 saturated heterocycles. The highest BCUT2D eigenvalue weighted by molar-refractivity contribution is 5.76. The Labute approximate surface area is 229 Å². The maximum Gasteiger partial charge on any atom is 0.222 e. The number of ether oxygens (including phenoxy) is 2. The van der Waals surface area contributed by atoms with Gasteiger partial charge in [0, 0.05) is 32.5 Å². The molecule has 3 unspecified atom stereocenters. The van der Waals surface area contributed by atoms with Crippen LogP contribution in [0.1, 0.15) is 135 Å². The predicted molar refractivity (Wildman–Crippen MR) is 154 cm³/mol. The molecule has 0 radical (unpaired) electrons. The van der Waals surface area contributed by atoms with Crippen molar-refractivity contribution in [3.63, 3.8) is 0 Å². The third kappa shape index (κ3) is 18.0. The van der Waals surface area contributed by atoms with Crippen LogP contribution in [0.2, 0.25) is 0 Å². The lowest BCUT2D eigenvalue weighted by Crippen LogP contribution is -2.41. The van der Waals surface area contributed by atoms with Crippen molar-refractivity contribution in [3.8, 4) is 0 Å². The Kier molecular flexibility index (Phi) is 21.1. The lowest BCUT2D eigenvalue weighted by Gasteiger charge is -2.33. The Morgan fingerprint density at radius 2 is 1.46 bits per heavy atom. The number of unbranched alkanes of at least 4 members (excludes halogenated alkanes) is 12. The van der Waals surface area contributed by atoms with Gasteiger partial charge < -0.3 is 24.1 Å². The van der Waals surface area contributed by atoms with Crippen LogP contribution in [0.25, 0.3) is 0 Å². The molecule has 3 atom stereocenters. The Balaban J connectivity index is 2.56. The molecule has 0 aromatic heterocycles. The summed E-state index contributed by atoms with van der Waals surface area (Å²) in [5.74, 6) is 0.314. The van der Waals surface area contributed by atoms with E-state index in [9.17, 15) is 9.59 Å². The van der Waals surface area contributed by atoms with Crippen LogP contribution < -0.4 is 0 Å². The molecule has 0 saturated carbocycles. The summed E-state index contributed by atoms with van der Waals surface area (Å²) in [6.07, 6.45) is 23.9. The normalized spacial score (nSPS) is 17.8. The van der Waals surface area contributed by atoms with Crippen molar-refractivity contribution in [1.29, 1.82) is 0 Å². The van der Waals surface area contributed by atoms with E-state index in [1.165, 1.54) is 77.0 Å². The zero-order valence-corrected chi connectivity index (χ0v) is 24.9. The van der Waals surface area contributed by atoms with Crippen molar-refractivity contribution in [2.45, 2.75) is 154 Å². The highest BCUT2D eigenvalue weighted by Gasteiger charge is 2.38. The van der Waals surface area contributed by atoms with Crippen molar-refractivity contribution in [3.05, 3.63) is 0 Å². The molecular weight excluding hydrogens is 464 g/mol. The van der Waals surface area contributed by atoms with Gasteiger partial charge >= 0.3 is 0 Å². The van der Waals surface area contributed by atoms with Gasteiger partial charge in [-0.1, -0.05) is 84.0 Å². The monoisotopic (exact) mass is 524 g/mol. The molecule has 1 amide bonds. The first-order valence-electron chi connectivity index (χ1n) is 15.6. The second-order valence-corrected chi connectivity index (χ2v) is 11.3. The number of aldehydes is 1. The molecule has 0 bridgehead atoms. The van der Waals surface area contributed by atoms with E-state index in [-0.39, 0.29) is 6.29 Å². The minimum absolute atomic E-state index is 0.0299. The molecule has 1 heterocycles. The fourth-order valence-electron chi connectivity index (χ4n) is 5.30. The molecule has 6 heteroatoms. The molecule has 1 aliphatic heterocycles. The SMILES string of the molecule is CCCCCCCCCCC(CCCCCCC1OC1OC)N(CCCCC=O)C(=O)CCCN(C)C. The number of carbonyl (C=O) groups is 2. The molecular formula is C31H60N2O4.